The summed E-state index contributed by atoms with van der Waals surface area (Å²) in [5, 5.41) is 0. The van der Waals surface area contributed by atoms with E-state index in [4.69, 9.17) is 4.74 Å². The van der Waals surface area contributed by atoms with Crippen LogP contribution in [0.3, 0.4) is 0 Å². The summed E-state index contributed by atoms with van der Waals surface area (Å²) in [5.41, 5.74) is 3.96. The van der Waals surface area contributed by atoms with E-state index in [1.54, 1.807) is 21.8 Å². The van der Waals surface area contributed by atoms with Crippen molar-refractivity contribution in [3.05, 3.63) is 76.7 Å². The molecule has 0 fully saturated rings. The van der Waals surface area contributed by atoms with Crippen LogP contribution >= 0.6 is 0 Å². The number of hydrogen-bond acceptors (Lipinski definition) is 4. The van der Waals surface area contributed by atoms with Gasteiger partial charge in [-0.05, 0) is 18.9 Å². The molecule has 0 bridgehead atoms. The Hall–Kier alpha value is -3.02. The van der Waals surface area contributed by atoms with Gasteiger partial charge in [0, 0.05) is 18.3 Å². The Balaban J connectivity index is 1.91. The van der Waals surface area contributed by atoms with E-state index in [2.05, 4.69) is 12.0 Å². The number of ether oxygens (including phenoxy) is 1. The molecular weight excluding hydrogens is 318 g/mol. The number of amides is 1. The second-order valence-corrected chi connectivity index (χ2v) is 5.97. The molecule has 1 unspecified atom stereocenters. The van der Waals surface area contributed by atoms with Crippen LogP contribution < -0.4 is 15.6 Å². The van der Waals surface area contributed by atoms with Crippen molar-refractivity contribution in [2.45, 2.75) is 26.0 Å². The van der Waals surface area contributed by atoms with Crippen LogP contribution in [0.5, 0.6) is 5.75 Å². The number of pyridine rings is 1. The van der Waals surface area contributed by atoms with Crippen molar-refractivity contribution in [3.8, 4) is 5.75 Å². The Kier molecular flexibility index (Phi) is 4.88. The maximum absolute atomic E-state index is 12.9. The summed E-state index contributed by atoms with van der Waals surface area (Å²) < 4.78 is 7.30. The van der Waals surface area contributed by atoms with Gasteiger partial charge in [0.1, 0.15) is 13.3 Å². The fourth-order valence-corrected chi connectivity index (χ4v) is 2.80. The van der Waals surface area contributed by atoms with Gasteiger partial charge in [-0.2, -0.15) is 0 Å². The highest BCUT2D eigenvalue weighted by atomic mass is 16.5. The summed E-state index contributed by atoms with van der Waals surface area (Å²) in [4.78, 5) is 26.9. The van der Waals surface area contributed by atoms with Gasteiger partial charge >= 0.3 is 0 Å². The SMILES string of the molecule is C=CCC(C)N1CNn2ccc(=O)c(OCc3ccccc3)c2C1=O. The van der Waals surface area contributed by atoms with Crippen LogP contribution in [0.25, 0.3) is 0 Å². The van der Waals surface area contributed by atoms with Crippen LogP contribution in [0.2, 0.25) is 0 Å². The third-order valence-electron chi connectivity index (χ3n) is 4.20. The number of carbonyl (C=O) groups excluding carboxylic acids is 1. The quantitative estimate of drug-likeness (QED) is 0.821. The molecular formula is C19H21N3O3. The summed E-state index contributed by atoms with van der Waals surface area (Å²) >= 11 is 0. The smallest absolute Gasteiger partial charge is 0.278 e. The molecule has 6 heteroatoms. The van der Waals surface area contributed by atoms with Gasteiger partial charge in [0.25, 0.3) is 5.91 Å². The van der Waals surface area contributed by atoms with Crippen molar-refractivity contribution in [2.24, 2.45) is 0 Å². The molecule has 3 rings (SSSR count). The van der Waals surface area contributed by atoms with Crippen LogP contribution in [0.15, 0.2) is 60.0 Å². The van der Waals surface area contributed by atoms with Crippen LogP contribution in [-0.2, 0) is 6.61 Å². The molecule has 1 aliphatic heterocycles. The summed E-state index contributed by atoms with van der Waals surface area (Å²) in [6.45, 7) is 6.26. The minimum absolute atomic E-state index is 0.0245. The van der Waals surface area contributed by atoms with Crippen LogP contribution in [0, 0.1) is 0 Å². The topological polar surface area (TPSA) is 63.6 Å². The van der Waals surface area contributed by atoms with Gasteiger partial charge in [0.05, 0.1) is 0 Å². The Morgan fingerprint density at radius 1 is 1.28 bits per heavy atom. The van der Waals surface area contributed by atoms with Crippen LogP contribution in [0.4, 0.5) is 0 Å². The second kappa shape index (κ2) is 7.25. The van der Waals surface area contributed by atoms with Crippen LogP contribution in [-0.4, -0.2) is 28.2 Å². The van der Waals surface area contributed by atoms with Gasteiger partial charge in [0.2, 0.25) is 5.43 Å². The van der Waals surface area contributed by atoms with E-state index in [0.717, 1.165) is 5.56 Å². The zero-order chi connectivity index (χ0) is 17.8. The lowest BCUT2D eigenvalue weighted by atomic mass is 10.1. The third-order valence-corrected chi connectivity index (χ3v) is 4.20. The molecule has 1 aliphatic rings. The first-order valence-electron chi connectivity index (χ1n) is 8.20. The highest BCUT2D eigenvalue weighted by molar-refractivity contribution is 5.96. The molecule has 2 heterocycles. The van der Waals surface area contributed by atoms with Gasteiger partial charge in [-0.1, -0.05) is 36.4 Å². The normalized spacial score (nSPS) is 14.4. The average molecular weight is 339 g/mol. The number of nitrogens with one attached hydrogen (secondary N) is 1. The largest absolute Gasteiger partial charge is 0.482 e. The van der Waals surface area contributed by atoms with E-state index >= 15 is 0 Å². The predicted octanol–water partition coefficient (Wildman–Crippen LogP) is 2.35. The molecule has 25 heavy (non-hydrogen) atoms. The van der Waals surface area contributed by atoms with Gasteiger partial charge in [0.15, 0.2) is 11.4 Å². The number of fused-ring (bicyclic) bond motifs is 1. The van der Waals surface area contributed by atoms with Gasteiger partial charge in [-0.15, -0.1) is 6.58 Å². The molecule has 1 amide bonds. The van der Waals surface area contributed by atoms with Crippen LogP contribution in [0.1, 0.15) is 29.4 Å². The lowest BCUT2D eigenvalue weighted by Gasteiger charge is -2.35. The van der Waals surface area contributed by atoms with Crippen molar-refractivity contribution in [1.82, 2.24) is 9.58 Å². The van der Waals surface area contributed by atoms with E-state index in [1.165, 1.54) is 6.07 Å². The van der Waals surface area contributed by atoms with Crippen molar-refractivity contribution >= 4 is 5.91 Å². The molecule has 2 aromatic rings. The average Bonchev–Trinajstić information content (AvgIpc) is 2.62. The number of benzene rings is 1. The highest BCUT2D eigenvalue weighted by Crippen LogP contribution is 2.21. The fraction of sp³-hybridized carbons (Fsp3) is 0.263. The molecule has 6 nitrogen and oxygen atoms in total. The molecule has 0 aliphatic carbocycles. The Bertz CT molecular complexity index is 830. The van der Waals surface area contributed by atoms with E-state index in [1.807, 2.05) is 37.3 Å². The Morgan fingerprint density at radius 2 is 2.04 bits per heavy atom. The fourth-order valence-electron chi connectivity index (χ4n) is 2.80. The summed E-state index contributed by atoms with van der Waals surface area (Å²) in [5.74, 6) is -0.159. The predicted molar refractivity (Wildman–Crippen MR) is 96.1 cm³/mol. The molecule has 1 aromatic heterocycles. The van der Waals surface area contributed by atoms with Crippen molar-refractivity contribution in [1.29, 1.82) is 0 Å². The van der Waals surface area contributed by atoms with E-state index in [9.17, 15) is 9.59 Å². The summed E-state index contributed by atoms with van der Waals surface area (Å²) in [7, 11) is 0. The third kappa shape index (κ3) is 3.42. The van der Waals surface area contributed by atoms with E-state index < -0.39 is 0 Å². The van der Waals surface area contributed by atoms with Crippen molar-refractivity contribution in [3.63, 3.8) is 0 Å². The molecule has 0 saturated heterocycles. The molecule has 1 N–H and O–H groups in total. The molecule has 0 radical (unpaired) electrons. The molecule has 1 aromatic carbocycles. The summed E-state index contributed by atoms with van der Waals surface area (Å²) in [6.07, 6.45) is 4.00. The molecule has 130 valence electrons. The minimum atomic E-state index is -0.310. The first kappa shape index (κ1) is 16.8. The number of aromatic nitrogens is 1. The minimum Gasteiger partial charge on any atom is -0.482 e. The van der Waals surface area contributed by atoms with E-state index in [0.29, 0.717) is 13.1 Å². The lowest BCUT2D eigenvalue weighted by Crippen LogP contribution is -2.50. The standard InChI is InChI=1S/C19H21N3O3/c1-3-7-14(2)21-13-20-22-11-10-16(23)18(17(22)19(21)24)25-12-15-8-5-4-6-9-15/h3-6,8-11,14,20H,1,7,12-13H2,2H3. The van der Waals surface area contributed by atoms with Crippen molar-refractivity contribution in [2.75, 3.05) is 12.1 Å². The first-order chi connectivity index (χ1) is 12.1. The Morgan fingerprint density at radius 3 is 2.76 bits per heavy atom. The molecule has 1 atom stereocenters. The zero-order valence-corrected chi connectivity index (χ0v) is 14.1. The van der Waals surface area contributed by atoms with Crippen molar-refractivity contribution < 1.29 is 9.53 Å². The number of carbonyl (C=O) groups is 1. The number of hydrogen-bond donors (Lipinski definition) is 1. The molecule has 0 spiro atoms. The van der Waals surface area contributed by atoms with E-state index in [-0.39, 0.29) is 35.4 Å². The monoisotopic (exact) mass is 339 g/mol. The molecule has 0 saturated carbocycles. The maximum Gasteiger partial charge on any atom is 0.278 e. The van der Waals surface area contributed by atoms with Gasteiger partial charge < -0.3 is 15.1 Å². The first-order valence-corrected chi connectivity index (χ1v) is 8.20. The second-order valence-electron chi connectivity index (χ2n) is 5.97. The number of rotatable bonds is 6. The van der Waals surface area contributed by atoms with Gasteiger partial charge in [-0.3, -0.25) is 14.3 Å². The summed E-state index contributed by atoms with van der Waals surface area (Å²) in [6, 6.07) is 10.9. The maximum atomic E-state index is 12.9. The van der Waals surface area contributed by atoms with Gasteiger partial charge in [-0.25, -0.2) is 0 Å². The Labute approximate surface area is 146 Å². The lowest BCUT2D eigenvalue weighted by molar-refractivity contribution is 0.0656. The highest BCUT2D eigenvalue weighted by Gasteiger charge is 2.31. The number of nitrogens with zero attached hydrogens (tertiary/aromatic N) is 2. The zero-order valence-electron chi connectivity index (χ0n) is 14.1.